The fourth-order valence-electron chi connectivity index (χ4n) is 3.84. The van der Waals surface area contributed by atoms with Gasteiger partial charge in [-0.15, -0.1) is 0 Å². The van der Waals surface area contributed by atoms with Gasteiger partial charge in [-0.3, -0.25) is 4.79 Å². The van der Waals surface area contributed by atoms with Gasteiger partial charge >= 0.3 is 0 Å². The molecule has 4 rings (SSSR count). The zero-order valence-corrected chi connectivity index (χ0v) is 23.5. The lowest BCUT2D eigenvalue weighted by molar-refractivity contribution is 0.269. The second-order valence-electron chi connectivity index (χ2n) is 8.69. The van der Waals surface area contributed by atoms with Crippen LogP contribution in [-0.2, 0) is 13.0 Å². The second kappa shape index (κ2) is 12.4. The fraction of sp³-hybridized carbons (Fsp3) is 0.276. The number of nitrogens with zero attached hydrogens (tertiary/aromatic N) is 3. The third-order valence-corrected chi connectivity index (χ3v) is 6.56. The molecule has 0 spiro atoms. The molecule has 0 unspecified atom stereocenters. The number of aromatic nitrogens is 2. The van der Waals surface area contributed by atoms with E-state index in [0.29, 0.717) is 58.4 Å². The lowest BCUT2D eigenvalue weighted by Gasteiger charge is -2.15. The number of fused-ring (bicyclic) bond motifs is 1. The minimum atomic E-state index is -0.220. The van der Waals surface area contributed by atoms with Gasteiger partial charge in [-0.05, 0) is 61.7 Å². The monoisotopic (exact) mass is 581 g/mol. The summed E-state index contributed by atoms with van der Waals surface area (Å²) in [5.41, 5.74) is 3.33. The van der Waals surface area contributed by atoms with Gasteiger partial charge in [0.05, 0.1) is 28.7 Å². The molecule has 0 aliphatic rings. The predicted molar refractivity (Wildman–Crippen MR) is 153 cm³/mol. The lowest BCUT2D eigenvalue weighted by Crippen LogP contribution is -2.22. The van der Waals surface area contributed by atoms with Gasteiger partial charge < -0.3 is 9.47 Å². The molecule has 4 aromatic rings. The van der Waals surface area contributed by atoms with Gasteiger partial charge in [-0.2, -0.15) is 9.78 Å². The summed E-state index contributed by atoms with van der Waals surface area (Å²) in [5, 5.41) is 5.43. The number of rotatable bonds is 10. The molecule has 0 atom stereocenters. The first-order valence-electron chi connectivity index (χ1n) is 12.3. The van der Waals surface area contributed by atoms with Gasteiger partial charge in [0.25, 0.3) is 5.56 Å². The molecule has 0 saturated carbocycles. The Balaban J connectivity index is 1.68. The summed E-state index contributed by atoms with van der Waals surface area (Å²) in [6, 6.07) is 17.2. The van der Waals surface area contributed by atoms with Crippen molar-refractivity contribution in [3.8, 4) is 11.5 Å². The standard InChI is InChI=1S/C29H29BrClN3O3/c1-4-6-7-27-33-25-13-12-22(30)16-23(25)29(35)34(27)32-17-21-14-24(31)28(26(15-21)36-5-2)37-18-20-10-8-19(3)9-11-20/h8-17H,4-7,18H2,1-3H3. The normalized spacial score (nSPS) is 11.4. The van der Waals surface area contributed by atoms with Crippen molar-refractivity contribution < 1.29 is 9.47 Å². The van der Waals surface area contributed by atoms with Gasteiger partial charge in [0.15, 0.2) is 11.5 Å². The Morgan fingerprint density at radius 2 is 1.86 bits per heavy atom. The van der Waals surface area contributed by atoms with E-state index < -0.39 is 0 Å². The molecule has 0 N–H and O–H groups in total. The largest absolute Gasteiger partial charge is 0.490 e. The zero-order valence-electron chi connectivity index (χ0n) is 21.1. The average Bonchev–Trinajstić information content (AvgIpc) is 2.88. The second-order valence-corrected chi connectivity index (χ2v) is 10.0. The van der Waals surface area contributed by atoms with Crippen LogP contribution in [0.15, 0.2) is 69.0 Å². The van der Waals surface area contributed by atoms with Gasteiger partial charge in [-0.1, -0.05) is 70.7 Å². The molecule has 8 heteroatoms. The molecule has 3 aromatic carbocycles. The molecular formula is C29H29BrClN3O3. The molecule has 0 aliphatic heterocycles. The summed E-state index contributed by atoms with van der Waals surface area (Å²) in [5.74, 6) is 1.61. The van der Waals surface area contributed by atoms with Crippen molar-refractivity contribution in [2.45, 2.75) is 46.6 Å². The van der Waals surface area contributed by atoms with Crippen molar-refractivity contribution in [3.05, 3.63) is 97.0 Å². The van der Waals surface area contributed by atoms with E-state index >= 15 is 0 Å². The van der Waals surface area contributed by atoms with Gasteiger partial charge in [0.2, 0.25) is 0 Å². The first-order chi connectivity index (χ1) is 17.9. The summed E-state index contributed by atoms with van der Waals surface area (Å²) < 4.78 is 14.1. The first-order valence-corrected chi connectivity index (χ1v) is 13.5. The molecule has 0 bridgehead atoms. The average molecular weight is 583 g/mol. The van der Waals surface area contributed by atoms with Crippen molar-refractivity contribution in [3.63, 3.8) is 0 Å². The molecule has 192 valence electrons. The molecule has 0 fully saturated rings. The quantitative estimate of drug-likeness (QED) is 0.184. The Morgan fingerprint density at radius 1 is 1.08 bits per heavy atom. The zero-order chi connectivity index (χ0) is 26.4. The smallest absolute Gasteiger partial charge is 0.282 e. The van der Waals surface area contributed by atoms with Crippen molar-refractivity contribution in [1.82, 2.24) is 9.66 Å². The van der Waals surface area contributed by atoms with Crippen molar-refractivity contribution in [2.24, 2.45) is 5.10 Å². The van der Waals surface area contributed by atoms with E-state index in [1.807, 2.05) is 56.3 Å². The van der Waals surface area contributed by atoms with Crippen LogP contribution in [0.2, 0.25) is 5.02 Å². The van der Waals surface area contributed by atoms with E-state index in [1.54, 1.807) is 18.3 Å². The molecule has 6 nitrogen and oxygen atoms in total. The van der Waals surface area contributed by atoms with E-state index in [9.17, 15) is 4.79 Å². The Kier molecular flexibility index (Phi) is 9.00. The molecule has 0 saturated heterocycles. The topological polar surface area (TPSA) is 65.7 Å². The maximum atomic E-state index is 13.3. The first kappa shape index (κ1) is 26.9. The lowest BCUT2D eigenvalue weighted by atomic mass is 10.1. The number of aryl methyl sites for hydroxylation is 2. The highest BCUT2D eigenvalue weighted by Gasteiger charge is 2.14. The Bertz CT molecular complexity index is 1480. The molecule has 0 radical (unpaired) electrons. The predicted octanol–water partition coefficient (Wildman–Crippen LogP) is 7.32. The Hall–Kier alpha value is -3.16. The van der Waals surface area contributed by atoms with Crippen molar-refractivity contribution in [1.29, 1.82) is 0 Å². The minimum absolute atomic E-state index is 0.220. The van der Waals surface area contributed by atoms with Crippen LogP contribution < -0.4 is 15.0 Å². The molecular weight excluding hydrogens is 554 g/mol. The molecule has 0 aliphatic carbocycles. The molecule has 37 heavy (non-hydrogen) atoms. The molecule has 1 aromatic heterocycles. The summed E-state index contributed by atoms with van der Waals surface area (Å²) >= 11 is 10.1. The number of hydrogen-bond donors (Lipinski definition) is 0. The number of ether oxygens (including phenoxy) is 2. The van der Waals surface area contributed by atoms with Crippen LogP contribution in [0.4, 0.5) is 0 Å². The highest BCUT2D eigenvalue weighted by atomic mass is 79.9. The number of halogens is 2. The third kappa shape index (κ3) is 6.59. The van der Waals surface area contributed by atoms with Crippen LogP contribution in [0.3, 0.4) is 0 Å². The Morgan fingerprint density at radius 3 is 2.59 bits per heavy atom. The van der Waals surface area contributed by atoms with Gasteiger partial charge in [-0.25, -0.2) is 4.98 Å². The van der Waals surface area contributed by atoms with E-state index in [0.717, 1.165) is 22.9 Å². The highest BCUT2D eigenvalue weighted by molar-refractivity contribution is 9.10. The van der Waals surface area contributed by atoms with Crippen LogP contribution in [0.5, 0.6) is 11.5 Å². The van der Waals surface area contributed by atoms with E-state index in [2.05, 4.69) is 28.0 Å². The van der Waals surface area contributed by atoms with E-state index in [1.165, 1.54) is 10.2 Å². The summed E-state index contributed by atoms with van der Waals surface area (Å²) in [6.45, 7) is 6.85. The maximum Gasteiger partial charge on any atom is 0.282 e. The van der Waals surface area contributed by atoms with E-state index in [4.69, 9.17) is 26.1 Å². The number of unbranched alkanes of at least 4 members (excludes halogenated alkanes) is 1. The van der Waals surface area contributed by atoms with Crippen LogP contribution in [0.1, 0.15) is 49.2 Å². The maximum absolute atomic E-state index is 13.3. The fourth-order valence-corrected chi connectivity index (χ4v) is 4.47. The third-order valence-electron chi connectivity index (χ3n) is 5.79. The van der Waals surface area contributed by atoms with Gasteiger partial charge in [0, 0.05) is 10.9 Å². The van der Waals surface area contributed by atoms with Crippen LogP contribution in [-0.4, -0.2) is 22.5 Å². The minimum Gasteiger partial charge on any atom is -0.490 e. The number of benzene rings is 3. The Labute approximate surface area is 230 Å². The summed E-state index contributed by atoms with van der Waals surface area (Å²) in [7, 11) is 0. The van der Waals surface area contributed by atoms with Crippen LogP contribution in [0, 0.1) is 6.92 Å². The van der Waals surface area contributed by atoms with Gasteiger partial charge in [0.1, 0.15) is 12.4 Å². The summed E-state index contributed by atoms with van der Waals surface area (Å²) in [6.07, 6.45) is 4.12. The SMILES string of the molecule is CCCCc1nc2ccc(Br)cc2c(=O)n1N=Cc1cc(Cl)c(OCc2ccc(C)cc2)c(OCC)c1. The summed E-state index contributed by atoms with van der Waals surface area (Å²) in [4.78, 5) is 18.1. The van der Waals surface area contributed by atoms with Crippen LogP contribution >= 0.6 is 27.5 Å². The number of hydrogen-bond acceptors (Lipinski definition) is 5. The van der Waals surface area contributed by atoms with E-state index in [-0.39, 0.29) is 5.56 Å². The molecule has 0 amide bonds. The van der Waals surface area contributed by atoms with Crippen LogP contribution in [0.25, 0.3) is 10.9 Å². The molecule has 1 heterocycles. The van der Waals surface area contributed by atoms with Crippen molar-refractivity contribution >= 4 is 44.6 Å². The highest BCUT2D eigenvalue weighted by Crippen LogP contribution is 2.37. The van der Waals surface area contributed by atoms with Crippen molar-refractivity contribution in [2.75, 3.05) is 6.61 Å².